The molecular formula is C19H20N4O2. The first-order valence-electron chi connectivity index (χ1n) is 8.22. The molecule has 0 unspecified atom stereocenters. The summed E-state index contributed by atoms with van der Waals surface area (Å²) in [6.07, 6.45) is 0. The molecule has 0 saturated carbocycles. The minimum Gasteiger partial charge on any atom is -0.506 e. The Kier molecular flexibility index (Phi) is 5.05. The third-order valence-electron chi connectivity index (χ3n) is 4.32. The number of nitrogens with one attached hydrogen (secondary N) is 1. The van der Waals surface area contributed by atoms with Crippen molar-refractivity contribution in [3.63, 3.8) is 0 Å². The maximum absolute atomic E-state index is 12.3. The molecule has 3 rings (SSSR count). The lowest BCUT2D eigenvalue weighted by molar-refractivity contribution is 0.194. The summed E-state index contributed by atoms with van der Waals surface area (Å²) in [6.45, 7) is 3.01. The van der Waals surface area contributed by atoms with Crippen molar-refractivity contribution in [3.8, 4) is 11.8 Å². The smallest absolute Gasteiger partial charge is 0.317 e. The maximum Gasteiger partial charge on any atom is 0.317 e. The van der Waals surface area contributed by atoms with Gasteiger partial charge in [0, 0.05) is 32.7 Å². The summed E-state index contributed by atoms with van der Waals surface area (Å²) in [5.41, 5.74) is 2.37. The Labute approximate surface area is 146 Å². The average molecular weight is 336 g/mol. The Hall–Kier alpha value is -3.20. The highest BCUT2D eigenvalue weighted by molar-refractivity contribution is 5.74. The summed E-state index contributed by atoms with van der Waals surface area (Å²) < 4.78 is 0. The van der Waals surface area contributed by atoms with Gasteiger partial charge in [-0.15, -0.1) is 0 Å². The number of aromatic hydroxyl groups is 1. The van der Waals surface area contributed by atoms with Crippen LogP contribution in [0.4, 0.5) is 10.5 Å². The van der Waals surface area contributed by atoms with Crippen LogP contribution in [0.25, 0.3) is 0 Å². The number of carbonyl (C=O) groups excluding carboxylic acids is 1. The second-order valence-corrected chi connectivity index (χ2v) is 5.93. The van der Waals surface area contributed by atoms with Crippen LogP contribution in [0.1, 0.15) is 11.1 Å². The van der Waals surface area contributed by atoms with Crippen LogP contribution < -0.4 is 10.2 Å². The van der Waals surface area contributed by atoms with Gasteiger partial charge in [-0.3, -0.25) is 0 Å². The number of urea groups is 1. The van der Waals surface area contributed by atoms with E-state index in [0.29, 0.717) is 38.3 Å². The quantitative estimate of drug-likeness (QED) is 0.901. The minimum atomic E-state index is -0.0960. The predicted octanol–water partition coefficient (Wildman–Crippen LogP) is 2.30. The molecule has 128 valence electrons. The second kappa shape index (κ2) is 7.58. The van der Waals surface area contributed by atoms with E-state index < -0.39 is 0 Å². The standard InChI is InChI=1S/C19H20N4O2/c20-13-15-5-7-16(8-6-15)14-21-19(25)23-11-9-22(10-12-23)17-3-1-2-4-18(17)24/h1-8,24H,9-12,14H2,(H,21,25). The van der Waals surface area contributed by atoms with E-state index in [-0.39, 0.29) is 11.8 Å². The van der Waals surface area contributed by atoms with Crippen molar-refractivity contribution in [2.24, 2.45) is 0 Å². The number of hydrogen-bond donors (Lipinski definition) is 2. The Balaban J connectivity index is 1.50. The summed E-state index contributed by atoms with van der Waals surface area (Å²) in [5.74, 6) is 0.265. The molecule has 1 heterocycles. The third-order valence-corrected chi connectivity index (χ3v) is 4.32. The van der Waals surface area contributed by atoms with Gasteiger partial charge in [-0.1, -0.05) is 24.3 Å². The van der Waals surface area contributed by atoms with Crippen LogP contribution in [0.5, 0.6) is 5.75 Å². The Morgan fingerprint density at radius 2 is 1.76 bits per heavy atom. The van der Waals surface area contributed by atoms with Crippen LogP contribution in [-0.4, -0.2) is 42.2 Å². The lowest BCUT2D eigenvalue weighted by Crippen LogP contribution is -2.51. The molecule has 2 N–H and O–H groups in total. The molecule has 1 fully saturated rings. The van der Waals surface area contributed by atoms with Crippen molar-refractivity contribution in [1.82, 2.24) is 10.2 Å². The molecule has 0 spiro atoms. The largest absolute Gasteiger partial charge is 0.506 e. The number of hydrogen-bond acceptors (Lipinski definition) is 4. The fourth-order valence-electron chi connectivity index (χ4n) is 2.87. The van der Waals surface area contributed by atoms with Gasteiger partial charge in [-0.2, -0.15) is 5.26 Å². The molecule has 0 radical (unpaired) electrons. The van der Waals surface area contributed by atoms with Gasteiger partial charge < -0.3 is 20.2 Å². The molecule has 6 nitrogen and oxygen atoms in total. The fourth-order valence-corrected chi connectivity index (χ4v) is 2.87. The van der Waals surface area contributed by atoms with E-state index in [2.05, 4.69) is 16.3 Å². The normalized spacial score (nSPS) is 14.0. The number of amides is 2. The fraction of sp³-hybridized carbons (Fsp3) is 0.263. The number of para-hydroxylation sites is 2. The predicted molar refractivity (Wildman–Crippen MR) is 95.3 cm³/mol. The summed E-state index contributed by atoms with van der Waals surface area (Å²) in [7, 11) is 0. The van der Waals surface area contributed by atoms with E-state index in [0.717, 1.165) is 11.3 Å². The number of rotatable bonds is 3. The number of phenols is 1. The number of anilines is 1. The number of carbonyl (C=O) groups is 1. The Morgan fingerprint density at radius 3 is 2.40 bits per heavy atom. The van der Waals surface area contributed by atoms with E-state index in [1.54, 1.807) is 29.2 Å². The topological polar surface area (TPSA) is 79.6 Å². The number of phenolic OH excluding ortho intramolecular Hbond substituents is 1. The van der Waals surface area contributed by atoms with E-state index in [1.807, 2.05) is 24.3 Å². The van der Waals surface area contributed by atoms with E-state index in [4.69, 9.17) is 5.26 Å². The summed E-state index contributed by atoms with van der Waals surface area (Å²) in [6, 6.07) is 16.4. The van der Waals surface area contributed by atoms with Crippen molar-refractivity contribution in [1.29, 1.82) is 5.26 Å². The average Bonchev–Trinajstić information content (AvgIpc) is 2.67. The summed E-state index contributed by atoms with van der Waals surface area (Å²) in [5, 5.41) is 21.6. The zero-order valence-electron chi connectivity index (χ0n) is 13.9. The van der Waals surface area contributed by atoms with E-state index in [1.165, 1.54) is 0 Å². The third kappa shape index (κ3) is 4.01. The van der Waals surface area contributed by atoms with Gasteiger partial charge in [0.2, 0.25) is 0 Å². The molecule has 2 amide bonds. The monoisotopic (exact) mass is 336 g/mol. The van der Waals surface area contributed by atoms with Crippen LogP contribution in [0.15, 0.2) is 48.5 Å². The highest BCUT2D eigenvalue weighted by Crippen LogP contribution is 2.27. The van der Waals surface area contributed by atoms with Crippen LogP contribution in [-0.2, 0) is 6.54 Å². The molecule has 0 aliphatic carbocycles. The molecule has 0 aromatic heterocycles. The van der Waals surface area contributed by atoms with Crippen LogP contribution in [0.3, 0.4) is 0 Å². The number of benzene rings is 2. The first-order valence-corrected chi connectivity index (χ1v) is 8.22. The lowest BCUT2D eigenvalue weighted by Gasteiger charge is -2.36. The SMILES string of the molecule is N#Cc1ccc(CNC(=O)N2CCN(c3ccccc3O)CC2)cc1. The Bertz CT molecular complexity index is 775. The van der Waals surface area contributed by atoms with Gasteiger partial charge in [0.25, 0.3) is 0 Å². The van der Waals surface area contributed by atoms with E-state index >= 15 is 0 Å². The van der Waals surface area contributed by atoms with Gasteiger partial charge in [0.15, 0.2) is 0 Å². The molecule has 1 aliphatic rings. The van der Waals surface area contributed by atoms with Crippen LogP contribution in [0.2, 0.25) is 0 Å². The van der Waals surface area contributed by atoms with Gasteiger partial charge in [0.05, 0.1) is 17.3 Å². The van der Waals surface area contributed by atoms with Gasteiger partial charge in [-0.25, -0.2) is 4.79 Å². The molecule has 0 atom stereocenters. The van der Waals surface area contributed by atoms with Crippen molar-refractivity contribution < 1.29 is 9.90 Å². The molecule has 2 aromatic carbocycles. The Morgan fingerprint density at radius 1 is 1.08 bits per heavy atom. The number of nitriles is 1. The molecule has 2 aromatic rings. The molecule has 1 saturated heterocycles. The van der Waals surface area contributed by atoms with Crippen LogP contribution >= 0.6 is 0 Å². The lowest BCUT2D eigenvalue weighted by atomic mass is 10.1. The van der Waals surface area contributed by atoms with Crippen molar-refractivity contribution in [3.05, 3.63) is 59.7 Å². The van der Waals surface area contributed by atoms with Crippen molar-refractivity contribution in [2.75, 3.05) is 31.1 Å². The highest BCUT2D eigenvalue weighted by Gasteiger charge is 2.22. The number of nitrogens with zero attached hydrogens (tertiary/aromatic N) is 3. The number of piperazine rings is 1. The van der Waals surface area contributed by atoms with Crippen molar-refractivity contribution >= 4 is 11.7 Å². The van der Waals surface area contributed by atoms with Gasteiger partial charge >= 0.3 is 6.03 Å². The molecule has 1 aliphatic heterocycles. The van der Waals surface area contributed by atoms with Gasteiger partial charge in [-0.05, 0) is 29.8 Å². The second-order valence-electron chi connectivity index (χ2n) is 5.93. The molecular weight excluding hydrogens is 316 g/mol. The first-order chi connectivity index (χ1) is 12.2. The van der Waals surface area contributed by atoms with Crippen molar-refractivity contribution in [2.45, 2.75) is 6.54 Å². The zero-order chi connectivity index (χ0) is 17.6. The molecule has 0 bridgehead atoms. The van der Waals surface area contributed by atoms with E-state index in [9.17, 15) is 9.90 Å². The minimum absolute atomic E-state index is 0.0960. The molecule has 6 heteroatoms. The first kappa shape index (κ1) is 16.7. The molecule has 25 heavy (non-hydrogen) atoms. The zero-order valence-corrected chi connectivity index (χ0v) is 13.9. The summed E-state index contributed by atoms with van der Waals surface area (Å²) >= 11 is 0. The van der Waals surface area contributed by atoms with Crippen LogP contribution in [0, 0.1) is 11.3 Å². The van der Waals surface area contributed by atoms with Gasteiger partial charge in [0.1, 0.15) is 5.75 Å². The summed E-state index contributed by atoms with van der Waals surface area (Å²) in [4.78, 5) is 16.2. The maximum atomic E-state index is 12.3. The highest BCUT2D eigenvalue weighted by atomic mass is 16.3.